The van der Waals surface area contributed by atoms with Crippen molar-refractivity contribution in [1.82, 2.24) is 4.90 Å². The highest BCUT2D eigenvalue weighted by Crippen LogP contribution is 2.40. The van der Waals surface area contributed by atoms with Crippen molar-refractivity contribution in [3.8, 4) is 11.8 Å². The normalized spacial score (nSPS) is 17.5. The molecule has 3 rings (SSSR count). The van der Waals surface area contributed by atoms with E-state index in [0.29, 0.717) is 5.17 Å². The Balaban J connectivity index is 1.91. The standard InChI is InChI=1S/C17H14N4O3S/c1-3-24-15(19)14-13(9-18)25-17-20-12(16(22)21(14)17)8-10-4-6-11(23-2)7-5-10/h4-8,19H,3H2,1-2H3/b12-8-,19-15?. The van der Waals surface area contributed by atoms with Gasteiger partial charge in [-0.3, -0.25) is 10.2 Å². The number of nitriles is 1. The molecule has 25 heavy (non-hydrogen) atoms. The first-order valence-corrected chi connectivity index (χ1v) is 8.23. The van der Waals surface area contributed by atoms with Gasteiger partial charge in [-0.2, -0.15) is 5.26 Å². The van der Waals surface area contributed by atoms with E-state index in [2.05, 4.69) is 4.99 Å². The van der Waals surface area contributed by atoms with Crippen LogP contribution in [-0.4, -0.2) is 35.6 Å². The second kappa shape index (κ2) is 6.83. The number of methoxy groups -OCH3 is 1. The van der Waals surface area contributed by atoms with Crippen LogP contribution in [0.5, 0.6) is 5.75 Å². The maximum absolute atomic E-state index is 12.7. The number of nitrogens with one attached hydrogen (secondary N) is 1. The van der Waals surface area contributed by atoms with Gasteiger partial charge in [0.2, 0.25) is 5.90 Å². The summed E-state index contributed by atoms with van der Waals surface area (Å²) in [6, 6.07) is 9.20. The Bertz CT molecular complexity index is 878. The first-order valence-electron chi connectivity index (χ1n) is 7.42. The number of fused-ring (bicyclic) bond motifs is 1. The Labute approximate surface area is 148 Å². The zero-order chi connectivity index (χ0) is 18.0. The number of amidine groups is 1. The van der Waals surface area contributed by atoms with E-state index in [9.17, 15) is 10.1 Å². The maximum Gasteiger partial charge on any atom is 0.283 e. The van der Waals surface area contributed by atoms with Crippen LogP contribution in [0.25, 0.3) is 6.08 Å². The van der Waals surface area contributed by atoms with Crippen molar-refractivity contribution in [3.63, 3.8) is 0 Å². The van der Waals surface area contributed by atoms with Crippen molar-refractivity contribution in [3.05, 3.63) is 46.1 Å². The molecule has 2 aliphatic rings. The number of carbonyl (C=O) groups is 1. The molecule has 0 radical (unpaired) electrons. The smallest absolute Gasteiger partial charge is 0.283 e. The van der Waals surface area contributed by atoms with Gasteiger partial charge < -0.3 is 9.47 Å². The number of thioether (sulfide) groups is 1. The van der Waals surface area contributed by atoms with E-state index in [1.54, 1.807) is 32.2 Å². The average molecular weight is 354 g/mol. The SMILES string of the molecule is CCOC(=N)C1=C(C#N)SC2=N/C(=C\c3ccc(OC)cc3)C(=O)N21. The Hall–Kier alpha value is -3.05. The molecule has 0 unspecified atom stereocenters. The fourth-order valence-corrected chi connectivity index (χ4v) is 3.27. The fraction of sp³-hybridized carbons (Fsp3) is 0.176. The van der Waals surface area contributed by atoms with Crippen LogP contribution in [0.4, 0.5) is 0 Å². The van der Waals surface area contributed by atoms with E-state index in [-0.39, 0.29) is 34.7 Å². The summed E-state index contributed by atoms with van der Waals surface area (Å²) < 4.78 is 10.3. The highest BCUT2D eigenvalue weighted by Gasteiger charge is 2.43. The number of hydrogen-bond donors (Lipinski definition) is 1. The fourth-order valence-electron chi connectivity index (χ4n) is 2.35. The first-order chi connectivity index (χ1) is 12.1. The molecule has 2 aliphatic heterocycles. The lowest BCUT2D eigenvalue weighted by Crippen LogP contribution is -2.31. The van der Waals surface area contributed by atoms with Gasteiger partial charge in [0.1, 0.15) is 28.1 Å². The van der Waals surface area contributed by atoms with Crippen molar-refractivity contribution in [2.75, 3.05) is 13.7 Å². The number of ether oxygens (including phenoxy) is 2. The molecule has 8 heteroatoms. The van der Waals surface area contributed by atoms with Crippen LogP contribution in [0.3, 0.4) is 0 Å². The van der Waals surface area contributed by atoms with Crippen molar-refractivity contribution in [1.29, 1.82) is 10.7 Å². The van der Waals surface area contributed by atoms with Crippen LogP contribution < -0.4 is 4.74 Å². The van der Waals surface area contributed by atoms with Gasteiger partial charge in [-0.15, -0.1) is 0 Å². The van der Waals surface area contributed by atoms with Crippen LogP contribution in [0, 0.1) is 16.7 Å². The van der Waals surface area contributed by atoms with Crippen LogP contribution in [0.15, 0.2) is 45.6 Å². The van der Waals surface area contributed by atoms with Gasteiger partial charge in [0.05, 0.1) is 13.7 Å². The summed E-state index contributed by atoms with van der Waals surface area (Å²) >= 11 is 1.06. The third kappa shape index (κ3) is 3.02. The topological polar surface area (TPSA) is 98.8 Å². The van der Waals surface area contributed by atoms with Crippen molar-refractivity contribution in [2.45, 2.75) is 6.92 Å². The van der Waals surface area contributed by atoms with Gasteiger partial charge in [-0.05, 0) is 42.5 Å². The lowest BCUT2D eigenvalue weighted by molar-refractivity contribution is -0.121. The van der Waals surface area contributed by atoms with Crippen molar-refractivity contribution >= 4 is 34.8 Å². The Kier molecular flexibility index (Phi) is 4.59. The minimum atomic E-state index is -0.386. The summed E-state index contributed by atoms with van der Waals surface area (Å²) in [6.07, 6.45) is 1.65. The lowest BCUT2D eigenvalue weighted by atomic mass is 10.2. The summed E-state index contributed by atoms with van der Waals surface area (Å²) in [5, 5.41) is 17.6. The Morgan fingerprint density at radius 2 is 2.16 bits per heavy atom. The third-order valence-corrected chi connectivity index (χ3v) is 4.43. The van der Waals surface area contributed by atoms with E-state index in [4.69, 9.17) is 14.9 Å². The van der Waals surface area contributed by atoms with Crippen molar-refractivity contribution in [2.24, 2.45) is 4.99 Å². The van der Waals surface area contributed by atoms with Crippen LogP contribution in [-0.2, 0) is 9.53 Å². The number of allylic oxidation sites excluding steroid dienone is 1. The lowest BCUT2D eigenvalue weighted by Gasteiger charge is -2.15. The maximum atomic E-state index is 12.7. The molecule has 0 saturated heterocycles. The van der Waals surface area contributed by atoms with E-state index in [1.165, 1.54) is 4.90 Å². The molecule has 0 aliphatic carbocycles. The molecule has 0 saturated carbocycles. The highest BCUT2D eigenvalue weighted by molar-refractivity contribution is 8.17. The van der Waals surface area contributed by atoms with Gasteiger partial charge in [-0.25, -0.2) is 9.89 Å². The monoisotopic (exact) mass is 354 g/mol. The number of nitrogens with zero attached hydrogens (tertiary/aromatic N) is 3. The molecule has 1 N–H and O–H groups in total. The molecule has 1 amide bonds. The molecule has 0 aromatic heterocycles. The Morgan fingerprint density at radius 3 is 2.76 bits per heavy atom. The number of hydrogen-bond acceptors (Lipinski definition) is 7. The predicted octanol–water partition coefficient (Wildman–Crippen LogP) is 2.73. The molecular formula is C17H14N4O3S. The molecule has 1 aromatic rings. The third-order valence-electron chi connectivity index (χ3n) is 3.49. The van der Waals surface area contributed by atoms with Crippen molar-refractivity contribution < 1.29 is 14.3 Å². The quantitative estimate of drug-likeness (QED) is 0.509. The number of rotatable bonds is 4. The van der Waals surface area contributed by atoms with E-state index in [1.807, 2.05) is 18.2 Å². The van der Waals surface area contributed by atoms with Gasteiger partial charge in [0, 0.05) is 0 Å². The van der Waals surface area contributed by atoms with Crippen LogP contribution in [0.1, 0.15) is 12.5 Å². The zero-order valence-electron chi connectivity index (χ0n) is 13.6. The molecule has 7 nitrogen and oxygen atoms in total. The van der Waals surface area contributed by atoms with E-state index in [0.717, 1.165) is 23.1 Å². The van der Waals surface area contributed by atoms with Crippen LogP contribution >= 0.6 is 11.8 Å². The summed E-state index contributed by atoms with van der Waals surface area (Å²) in [6.45, 7) is 2.01. The molecule has 0 bridgehead atoms. The highest BCUT2D eigenvalue weighted by atomic mass is 32.2. The molecular weight excluding hydrogens is 340 g/mol. The Morgan fingerprint density at radius 1 is 1.44 bits per heavy atom. The summed E-state index contributed by atoms with van der Waals surface area (Å²) in [4.78, 5) is 18.5. The molecule has 0 atom stereocenters. The summed E-state index contributed by atoms with van der Waals surface area (Å²) in [5.74, 6) is 0.121. The number of aliphatic imine (C=N–C) groups is 1. The second-order valence-electron chi connectivity index (χ2n) is 4.99. The van der Waals surface area contributed by atoms with E-state index < -0.39 is 0 Å². The molecule has 2 heterocycles. The minimum Gasteiger partial charge on any atom is -0.497 e. The van der Waals surface area contributed by atoms with Gasteiger partial charge in [0.25, 0.3) is 5.91 Å². The molecule has 0 spiro atoms. The van der Waals surface area contributed by atoms with Gasteiger partial charge in [0.15, 0.2) is 5.17 Å². The number of carbonyl (C=O) groups excluding carboxylic acids is 1. The second-order valence-corrected chi connectivity index (χ2v) is 5.97. The van der Waals surface area contributed by atoms with Gasteiger partial charge in [-0.1, -0.05) is 12.1 Å². The average Bonchev–Trinajstić information content (AvgIpc) is 3.12. The molecule has 126 valence electrons. The molecule has 1 aromatic carbocycles. The number of benzene rings is 1. The largest absolute Gasteiger partial charge is 0.497 e. The summed E-state index contributed by atoms with van der Waals surface area (Å²) in [5.41, 5.74) is 1.19. The molecule has 0 fully saturated rings. The zero-order valence-corrected chi connectivity index (χ0v) is 14.4. The van der Waals surface area contributed by atoms with Crippen LogP contribution in [0.2, 0.25) is 0 Å². The minimum absolute atomic E-state index is 0.149. The van der Waals surface area contributed by atoms with E-state index >= 15 is 0 Å². The summed E-state index contributed by atoms with van der Waals surface area (Å²) in [7, 11) is 1.58. The number of amides is 1. The first kappa shape index (κ1) is 16.8. The predicted molar refractivity (Wildman–Crippen MR) is 94.8 cm³/mol. The van der Waals surface area contributed by atoms with Gasteiger partial charge >= 0.3 is 0 Å².